The highest BCUT2D eigenvalue weighted by atomic mass is 19.1. The highest BCUT2D eigenvalue weighted by Crippen LogP contribution is 2.28. The van der Waals surface area contributed by atoms with Crippen LogP contribution in [0.2, 0.25) is 0 Å². The molecular weight excluding hydrogens is 487 g/mol. The maximum absolute atomic E-state index is 13.6. The van der Waals surface area contributed by atoms with Gasteiger partial charge in [-0.05, 0) is 35.4 Å². The standard InChI is InChI=1S/C29H31FN4O4/c1-19(30)37-27-7-5-4-6-23(27)18-34-26-16-21(8-9-25(26)29(36)32(34)3)22-10-13-31-28(17-22)38-24-11-14-33(15-12-24)20(2)35/h4-10,13,16-17,19,24H,11-12,14-15,18H2,1-3H3. The Kier molecular flexibility index (Phi) is 7.18. The van der Waals surface area contributed by atoms with Gasteiger partial charge in [-0.1, -0.05) is 24.3 Å². The number of ether oxygens (including phenoxy) is 2. The van der Waals surface area contributed by atoms with Crippen molar-refractivity contribution in [3.63, 3.8) is 0 Å². The van der Waals surface area contributed by atoms with Crippen LogP contribution >= 0.6 is 0 Å². The Morgan fingerprint density at radius 2 is 1.84 bits per heavy atom. The number of amides is 1. The number of pyridine rings is 1. The van der Waals surface area contributed by atoms with Gasteiger partial charge in [0.2, 0.25) is 18.1 Å². The zero-order chi connectivity index (χ0) is 26.8. The molecule has 2 aromatic carbocycles. The lowest BCUT2D eigenvalue weighted by atomic mass is 10.1. The molecule has 9 heteroatoms. The van der Waals surface area contributed by atoms with Gasteiger partial charge in [-0.15, -0.1) is 0 Å². The molecule has 1 aliphatic rings. The molecule has 0 N–H and O–H groups in total. The molecule has 4 aromatic rings. The second-order valence-corrected chi connectivity index (χ2v) is 9.59. The van der Waals surface area contributed by atoms with Gasteiger partial charge < -0.3 is 14.4 Å². The van der Waals surface area contributed by atoms with Crippen LogP contribution in [-0.4, -0.2) is 50.7 Å². The molecule has 5 rings (SSSR count). The smallest absolute Gasteiger partial charge is 0.274 e. The number of rotatable bonds is 7. The maximum Gasteiger partial charge on any atom is 0.274 e. The highest BCUT2D eigenvalue weighted by Gasteiger charge is 2.22. The Hall–Kier alpha value is -4.14. The molecule has 1 amide bonds. The summed E-state index contributed by atoms with van der Waals surface area (Å²) in [7, 11) is 1.72. The molecular formula is C29H31FN4O4. The van der Waals surface area contributed by atoms with E-state index in [2.05, 4.69) is 4.98 Å². The molecule has 1 unspecified atom stereocenters. The van der Waals surface area contributed by atoms with E-state index in [0.29, 0.717) is 36.6 Å². The average Bonchev–Trinajstić information content (AvgIpc) is 3.14. The fourth-order valence-electron chi connectivity index (χ4n) is 4.94. The van der Waals surface area contributed by atoms with Crippen molar-refractivity contribution in [2.75, 3.05) is 13.1 Å². The molecule has 0 spiro atoms. The number of likely N-dealkylation sites (tertiary alicyclic amines) is 1. The summed E-state index contributed by atoms with van der Waals surface area (Å²) < 4.78 is 28.5. The third-order valence-electron chi connectivity index (χ3n) is 6.99. The van der Waals surface area contributed by atoms with Crippen LogP contribution in [0.1, 0.15) is 32.3 Å². The summed E-state index contributed by atoms with van der Waals surface area (Å²) in [5.74, 6) is 1.06. The molecule has 38 heavy (non-hydrogen) atoms. The molecule has 1 atom stereocenters. The van der Waals surface area contributed by atoms with Crippen LogP contribution in [0, 0.1) is 0 Å². The van der Waals surface area contributed by atoms with Gasteiger partial charge in [0, 0.05) is 64.7 Å². The monoisotopic (exact) mass is 518 g/mol. The van der Waals surface area contributed by atoms with E-state index < -0.39 is 6.36 Å². The number of nitrogens with zero attached hydrogens (tertiary/aromatic N) is 4. The first-order valence-electron chi connectivity index (χ1n) is 12.8. The zero-order valence-electron chi connectivity index (χ0n) is 21.8. The van der Waals surface area contributed by atoms with Crippen LogP contribution in [0.3, 0.4) is 0 Å². The van der Waals surface area contributed by atoms with Crippen LogP contribution in [0.25, 0.3) is 22.0 Å². The van der Waals surface area contributed by atoms with Crippen LogP contribution in [0.5, 0.6) is 11.6 Å². The third-order valence-corrected chi connectivity index (χ3v) is 6.99. The van der Waals surface area contributed by atoms with Crippen molar-refractivity contribution in [3.05, 3.63) is 76.7 Å². The summed E-state index contributed by atoms with van der Waals surface area (Å²) in [6.07, 6.45) is 1.80. The van der Waals surface area contributed by atoms with E-state index in [1.54, 1.807) is 37.0 Å². The Bertz CT molecular complexity index is 1520. The lowest BCUT2D eigenvalue weighted by Gasteiger charge is -2.31. The van der Waals surface area contributed by atoms with E-state index >= 15 is 0 Å². The fourth-order valence-corrected chi connectivity index (χ4v) is 4.94. The van der Waals surface area contributed by atoms with Gasteiger partial charge in [0.05, 0.1) is 17.4 Å². The van der Waals surface area contributed by atoms with Crippen LogP contribution in [0.15, 0.2) is 65.6 Å². The number of aromatic nitrogens is 3. The van der Waals surface area contributed by atoms with Crippen molar-refractivity contribution in [2.24, 2.45) is 7.05 Å². The highest BCUT2D eigenvalue weighted by molar-refractivity contribution is 5.84. The Balaban J connectivity index is 1.43. The summed E-state index contributed by atoms with van der Waals surface area (Å²) >= 11 is 0. The average molecular weight is 519 g/mol. The second-order valence-electron chi connectivity index (χ2n) is 9.59. The Labute approximate surface area is 220 Å². The van der Waals surface area contributed by atoms with Gasteiger partial charge >= 0.3 is 0 Å². The molecule has 0 radical (unpaired) electrons. The molecule has 3 heterocycles. The number of piperidine rings is 1. The van der Waals surface area contributed by atoms with Gasteiger partial charge in [0.15, 0.2) is 0 Å². The lowest BCUT2D eigenvalue weighted by Crippen LogP contribution is -2.40. The molecule has 1 aliphatic heterocycles. The van der Waals surface area contributed by atoms with Crippen molar-refractivity contribution in [1.29, 1.82) is 0 Å². The Morgan fingerprint density at radius 1 is 1.11 bits per heavy atom. The largest absolute Gasteiger partial charge is 0.474 e. The molecule has 1 saturated heterocycles. The SMILES string of the molecule is CC(=O)N1CCC(Oc2cc(-c3ccc4c(=O)n(C)n(Cc5ccccc5OC(C)F)c4c3)ccn2)CC1. The second kappa shape index (κ2) is 10.7. The van der Waals surface area contributed by atoms with Crippen LogP contribution in [-0.2, 0) is 18.4 Å². The van der Waals surface area contributed by atoms with Gasteiger partial charge in [-0.2, -0.15) is 0 Å². The van der Waals surface area contributed by atoms with Crippen molar-refractivity contribution in [2.45, 2.75) is 45.7 Å². The summed E-state index contributed by atoms with van der Waals surface area (Å²) in [5, 5.41) is 0.594. The lowest BCUT2D eigenvalue weighted by molar-refractivity contribution is -0.130. The van der Waals surface area contributed by atoms with Crippen molar-refractivity contribution >= 4 is 16.8 Å². The normalized spacial score (nSPS) is 15.0. The minimum Gasteiger partial charge on any atom is -0.474 e. The topological polar surface area (TPSA) is 78.6 Å². The molecule has 0 bridgehead atoms. The molecule has 0 aliphatic carbocycles. The zero-order valence-corrected chi connectivity index (χ0v) is 21.8. The predicted molar refractivity (Wildman–Crippen MR) is 143 cm³/mol. The van der Waals surface area contributed by atoms with Gasteiger partial charge in [-0.3, -0.25) is 19.0 Å². The molecule has 8 nitrogen and oxygen atoms in total. The molecule has 0 saturated carbocycles. The van der Waals surface area contributed by atoms with Crippen molar-refractivity contribution in [1.82, 2.24) is 19.2 Å². The van der Waals surface area contributed by atoms with Crippen molar-refractivity contribution in [3.8, 4) is 22.8 Å². The van der Waals surface area contributed by atoms with Gasteiger partial charge in [-0.25, -0.2) is 9.37 Å². The number of carbonyl (C=O) groups excluding carboxylic acids is 1. The first-order valence-corrected chi connectivity index (χ1v) is 12.8. The first kappa shape index (κ1) is 25.5. The van der Waals surface area contributed by atoms with Crippen LogP contribution in [0.4, 0.5) is 4.39 Å². The number of alkyl halides is 1. The predicted octanol–water partition coefficient (Wildman–Crippen LogP) is 4.53. The third kappa shape index (κ3) is 5.27. The minimum absolute atomic E-state index is 0.00413. The van der Waals surface area contributed by atoms with E-state index in [9.17, 15) is 14.0 Å². The number of para-hydroxylation sites is 1. The number of halogens is 1. The summed E-state index contributed by atoms with van der Waals surface area (Å²) in [6, 6.07) is 16.8. The minimum atomic E-state index is -1.45. The number of hydrogen-bond donors (Lipinski definition) is 0. The number of hydrogen-bond acceptors (Lipinski definition) is 5. The molecule has 2 aromatic heterocycles. The number of benzene rings is 2. The molecule has 1 fully saturated rings. The quantitative estimate of drug-likeness (QED) is 0.359. The van der Waals surface area contributed by atoms with Crippen LogP contribution < -0.4 is 15.0 Å². The van der Waals surface area contributed by atoms with E-state index in [4.69, 9.17) is 9.47 Å². The van der Waals surface area contributed by atoms with E-state index in [-0.39, 0.29) is 17.6 Å². The van der Waals surface area contributed by atoms with Gasteiger partial charge in [0.25, 0.3) is 5.56 Å². The van der Waals surface area contributed by atoms with Gasteiger partial charge in [0.1, 0.15) is 11.9 Å². The maximum atomic E-state index is 13.6. The van der Waals surface area contributed by atoms with E-state index in [1.807, 2.05) is 52.0 Å². The summed E-state index contributed by atoms with van der Waals surface area (Å²) in [5.41, 5.74) is 3.24. The Morgan fingerprint density at radius 3 is 2.58 bits per heavy atom. The fraction of sp³-hybridized carbons (Fsp3) is 0.345. The first-order chi connectivity index (χ1) is 18.3. The number of carbonyl (C=O) groups is 1. The van der Waals surface area contributed by atoms with Crippen molar-refractivity contribution < 1.29 is 18.7 Å². The van der Waals surface area contributed by atoms with E-state index in [0.717, 1.165) is 35.0 Å². The summed E-state index contributed by atoms with van der Waals surface area (Å²) in [6.45, 7) is 4.63. The van der Waals surface area contributed by atoms with E-state index in [1.165, 1.54) is 6.92 Å². The number of fused-ring (bicyclic) bond motifs is 1. The summed E-state index contributed by atoms with van der Waals surface area (Å²) in [4.78, 5) is 30.8. The molecule has 198 valence electrons.